The van der Waals surface area contributed by atoms with Gasteiger partial charge in [0.2, 0.25) is 29.4 Å². The summed E-state index contributed by atoms with van der Waals surface area (Å²) < 4.78 is 0. The molecule has 306 valence electrons. The Morgan fingerprint density at radius 2 is 1.45 bits per heavy atom. The maximum absolute atomic E-state index is 14.4. The van der Waals surface area contributed by atoms with Crippen molar-refractivity contribution < 1.29 is 33.6 Å². The molecule has 55 heavy (non-hydrogen) atoms. The molecule has 2 aliphatic rings. The summed E-state index contributed by atoms with van der Waals surface area (Å²) in [5.41, 5.74) is 0.560. The predicted molar refractivity (Wildman–Crippen MR) is 210 cm³/mol. The fourth-order valence-electron chi connectivity index (χ4n) is 7.56. The van der Waals surface area contributed by atoms with Gasteiger partial charge in [0.05, 0.1) is 12.6 Å². The molecule has 1 saturated heterocycles. The Labute approximate surface area is 326 Å². The Morgan fingerprint density at radius 3 is 2.09 bits per heavy atom. The highest BCUT2D eigenvalue weighted by atomic mass is 16.2. The SMILES string of the molecule is CCCNC(=O)NC(C(=O)N1CC[C@H](CCC)C1C(=O)NC(CC(C)CC)C(=O)C(=O)NCC(=O)NC(C(=O)NCCC)c1ccccc1)C1CCCCC1. The van der Waals surface area contributed by atoms with Crippen molar-refractivity contribution in [2.24, 2.45) is 17.8 Å². The summed E-state index contributed by atoms with van der Waals surface area (Å²) in [6, 6.07) is 4.42. The van der Waals surface area contributed by atoms with Crippen molar-refractivity contribution in [1.82, 2.24) is 36.8 Å². The molecule has 1 aromatic rings. The lowest BCUT2D eigenvalue weighted by atomic mass is 9.83. The smallest absolute Gasteiger partial charge is 0.315 e. The van der Waals surface area contributed by atoms with Gasteiger partial charge in [0.25, 0.3) is 5.91 Å². The number of likely N-dealkylation sites (tertiary alicyclic amines) is 1. The van der Waals surface area contributed by atoms with Crippen molar-refractivity contribution in [3.63, 3.8) is 0 Å². The molecule has 14 heteroatoms. The summed E-state index contributed by atoms with van der Waals surface area (Å²) in [7, 11) is 0. The lowest BCUT2D eigenvalue weighted by molar-refractivity contribution is -0.144. The summed E-state index contributed by atoms with van der Waals surface area (Å²) in [5.74, 6) is -4.10. The van der Waals surface area contributed by atoms with E-state index < -0.39 is 66.2 Å². The second-order valence-electron chi connectivity index (χ2n) is 15.1. The van der Waals surface area contributed by atoms with Crippen LogP contribution in [0.25, 0.3) is 0 Å². The molecular weight excluding hydrogens is 702 g/mol. The Morgan fingerprint density at radius 1 is 0.782 bits per heavy atom. The predicted octanol–water partition coefficient (Wildman–Crippen LogP) is 3.65. The Hall–Kier alpha value is -4.49. The zero-order chi connectivity index (χ0) is 40.3. The highest BCUT2D eigenvalue weighted by molar-refractivity contribution is 6.38. The van der Waals surface area contributed by atoms with Crippen LogP contribution in [0.5, 0.6) is 0 Å². The van der Waals surface area contributed by atoms with E-state index in [0.29, 0.717) is 50.9 Å². The average Bonchev–Trinajstić information content (AvgIpc) is 3.62. The monoisotopic (exact) mass is 767 g/mol. The fourth-order valence-corrected chi connectivity index (χ4v) is 7.56. The molecule has 1 aliphatic carbocycles. The molecule has 0 aromatic heterocycles. The van der Waals surface area contributed by atoms with Crippen molar-refractivity contribution in [3.05, 3.63) is 35.9 Å². The number of ketones is 1. The first-order chi connectivity index (χ1) is 26.4. The third-order valence-corrected chi connectivity index (χ3v) is 10.8. The van der Waals surface area contributed by atoms with E-state index in [0.717, 1.165) is 44.9 Å². The van der Waals surface area contributed by atoms with Gasteiger partial charge in [0, 0.05) is 19.6 Å². The zero-order valence-electron chi connectivity index (χ0n) is 33.5. The van der Waals surface area contributed by atoms with E-state index in [4.69, 9.17) is 0 Å². The molecule has 6 N–H and O–H groups in total. The second kappa shape index (κ2) is 23.4. The van der Waals surface area contributed by atoms with Crippen LogP contribution < -0.4 is 31.9 Å². The van der Waals surface area contributed by atoms with Crippen LogP contribution in [0.4, 0.5) is 4.79 Å². The van der Waals surface area contributed by atoms with Crippen LogP contribution in [0.15, 0.2) is 30.3 Å². The number of nitrogens with zero attached hydrogens (tertiary/aromatic N) is 1. The lowest BCUT2D eigenvalue weighted by Crippen LogP contribution is -2.60. The summed E-state index contributed by atoms with van der Waals surface area (Å²) >= 11 is 0. The first kappa shape index (κ1) is 44.9. The van der Waals surface area contributed by atoms with Crippen molar-refractivity contribution in [2.75, 3.05) is 26.2 Å². The first-order valence-electron chi connectivity index (χ1n) is 20.5. The lowest BCUT2D eigenvalue weighted by Gasteiger charge is -2.36. The zero-order valence-corrected chi connectivity index (χ0v) is 33.5. The van der Waals surface area contributed by atoms with Gasteiger partial charge in [-0.05, 0) is 68.3 Å². The number of urea groups is 1. The van der Waals surface area contributed by atoms with Gasteiger partial charge in [0.1, 0.15) is 18.1 Å². The Kier molecular flexibility index (Phi) is 19.1. The molecule has 5 unspecified atom stereocenters. The van der Waals surface area contributed by atoms with Crippen molar-refractivity contribution in [3.8, 4) is 0 Å². The molecule has 2 fully saturated rings. The van der Waals surface area contributed by atoms with E-state index in [1.807, 2.05) is 34.6 Å². The van der Waals surface area contributed by atoms with Gasteiger partial charge in [-0.1, -0.05) is 97.1 Å². The molecule has 0 bridgehead atoms. The van der Waals surface area contributed by atoms with Gasteiger partial charge in [-0.3, -0.25) is 28.8 Å². The minimum Gasteiger partial charge on any atom is -0.354 e. The van der Waals surface area contributed by atoms with Crippen LogP contribution in [0.2, 0.25) is 0 Å². The van der Waals surface area contributed by atoms with Gasteiger partial charge in [-0.15, -0.1) is 0 Å². The standard InChI is InChI=1S/C41H65N7O7/c1-6-16-30-21-24-48(40(54)34(29-19-14-11-15-20-29)47-41(55)43-23-8-3)35(30)38(52)45-31(25-27(5)9-4)36(50)39(53)44-26-32(49)46-33(37(51)42-22-7-2)28-17-12-10-13-18-28/h10,12-13,17-18,27,29-31,33-35H,6-9,11,14-16,19-26H2,1-5H3,(H,42,51)(H,44,53)(H,45,52)(H,46,49)(H2,43,47,55)/t27?,30-,31?,33?,34?,35?/m0/s1. The van der Waals surface area contributed by atoms with E-state index in [2.05, 4.69) is 31.9 Å². The van der Waals surface area contributed by atoms with Crippen LogP contribution in [-0.4, -0.2) is 90.6 Å². The van der Waals surface area contributed by atoms with Crippen molar-refractivity contribution >= 4 is 41.4 Å². The minimum absolute atomic E-state index is 0.0344. The number of benzene rings is 1. The quantitative estimate of drug-likeness (QED) is 0.103. The minimum atomic E-state index is -1.20. The molecular formula is C41H65N7O7. The molecule has 0 radical (unpaired) electrons. The molecule has 1 heterocycles. The fraction of sp³-hybridized carbons (Fsp3) is 0.683. The topological polar surface area (TPSA) is 195 Å². The summed E-state index contributed by atoms with van der Waals surface area (Å²) in [6.07, 6.45) is 8.96. The third kappa shape index (κ3) is 13.6. The number of amides is 7. The molecule has 1 aromatic carbocycles. The average molecular weight is 768 g/mol. The highest BCUT2D eigenvalue weighted by Gasteiger charge is 2.46. The first-order valence-corrected chi connectivity index (χ1v) is 20.5. The van der Waals surface area contributed by atoms with Crippen molar-refractivity contribution in [2.45, 2.75) is 136 Å². The normalized spacial score (nSPS) is 19.3. The van der Waals surface area contributed by atoms with Crippen LogP contribution in [0.3, 0.4) is 0 Å². The van der Waals surface area contributed by atoms with E-state index in [1.165, 1.54) is 0 Å². The van der Waals surface area contributed by atoms with E-state index in [-0.39, 0.29) is 30.1 Å². The molecule has 7 amide bonds. The summed E-state index contributed by atoms with van der Waals surface area (Å²) in [5, 5.41) is 16.4. The number of hydrogen-bond acceptors (Lipinski definition) is 7. The highest BCUT2D eigenvalue weighted by Crippen LogP contribution is 2.33. The maximum Gasteiger partial charge on any atom is 0.315 e. The van der Waals surface area contributed by atoms with E-state index in [9.17, 15) is 33.6 Å². The van der Waals surface area contributed by atoms with Gasteiger partial charge in [-0.2, -0.15) is 0 Å². The van der Waals surface area contributed by atoms with Crippen molar-refractivity contribution in [1.29, 1.82) is 0 Å². The Bertz CT molecular complexity index is 1430. The number of carbonyl (C=O) groups is 7. The second-order valence-corrected chi connectivity index (χ2v) is 15.1. The molecule has 3 rings (SSSR count). The number of hydrogen-bond donors (Lipinski definition) is 6. The van der Waals surface area contributed by atoms with Crippen LogP contribution >= 0.6 is 0 Å². The number of rotatable bonds is 21. The third-order valence-electron chi connectivity index (χ3n) is 10.8. The largest absolute Gasteiger partial charge is 0.354 e. The molecule has 0 spiro atoms. The molecule has 6 atom stereocenters. The Balaban J connectivity index is 1.77. The van der Waals surface area contributed by atoms with Crippen LogP contribution in [-0.2, 0) is 28.8 Å². The number of carbonyl (C=O) groups excluding carboxylic acids is 7. The molecule has 1 aliphatic heterocycles. The van der Waals surface area contributed by atoms with E-state index >= 15 is 0 Å². The number of nitrogens with one attached hydrogen (secondary N) is 6. The number of Topliss-reactive ketones (excluding diaryl/α,β-unsaturated/α-hetero) is 1. The summed E-state index contributed by atoms with van der Waals surface area (Å²) in [6.45, 7) is 10.4. The van der Waals surface area contributed by atoms with Crippen LogP contribution in [0, 0.1) is 17.8 Å². The molecule has 1 saturated carbocycles. The van der Waals surface area contributed by atoms with Gasteiger partial charge in [-0.25, -0.2) is 4.79 Å². The van der Waals surface area contributed by atoms with Gasteiger partial charge in [0.15, 0.2) is 0 Å². The molecule has 14 nitrogen and oxygen atoms in total. The summed E-state index contributed by atoms with van der Waals surface area (Å²) in [4.78, 5) is 96.0. The van der Waals surface area contributed by atoms with Crippen LogP contribution in [0.1, 0.15) is 123 Å². The maximum atomic E-state index is 14.4. The van der Waals surface area contributed by atoms with Gasteiger partial charge >= 0.3 is 6.03 Å². The van der Waals surface area contributed by atoms with Gasteiger partial charge < -0.3 is 36.8 Å². The van der Waals surface area contributed by atoms with E-state index in [1.54, 1.807) is 35.2 Å².